The maximum atomic E-state index is 12.6. The molecule has 0 radical (unpaired) electrons. The molecule has 1 amide bonds. The van der Waals surface area contributed by atoms with Crippen molar-refractivity contribution in [1.29, 1.82) is 0 Å². The van der Waals surface area contributed by atoms with Crippen LogP contribution < -0.4 is 5.32 Å². The molecule has 0 fully saturated rings. The number of hydrogen-bond donors (Lipinski definition) is 1. The van der Waals surface area contributed by atoms with Gasteiger partial charge in [-0.2, -0.15) is 0 Å². The van der Waals surface area contributed by atoms with Crippen molar-refractivity contribution < 1.29 is 4.79 Å². The lowest BCUT2D eigenvalue weighted by Gasteiger charge is -2.12. The van der Waals surface area contributed by atoms with Gasteiger partial charge in [0.1, 0.15) is 12.4 Å². The van der Waals surface area contributed by atoms with E-state index in [2.05, 4.69) is 12.2 Å². The van der Waals surface area contributed by atoms with Crippen LogP contribution in [0.3, 0.4) is 0 Å². The fraction of sp³-hybridized carbons (Fsp3) is 0.300. The molecule has 1 N–H and O–H groups in total. The molecule has 2 aromatic carbocycles. The second-order valence-electron chi connectivity index (χ2n) is 5.95. The molecule has 0 saturated carbocycles. The van der Waals surface area contributed by atoms with Gasteiger partial charge in [-0.3, -0.25) is 4.79 Å². The van der Waals surface area contributed by atoms with E-state index in [4.69, 9.17) is 4.98 Å². The van der Waals surface area contributed by atoms with Gasteiger partial charge < -0.3 is 9.88 Å². The van der Waals surface area contributed by atoms with Crippen molar-refractivity contribution in [2.24, 2.45) is 0 Å². The summed E-state index contributed by atoms with van der Waals surface area (Å²) in [5.74, 6) is 0.957. The zero-order chi connectivity index (χ0) is 17.6. The van der Waals surface area contributed by atoms with Crippen LogP contribution in [0, 0.1) is 0 Å². The van der Waals surface area contributed by atoms with Crippen LogP contribution in [0.2, 0.25) is 0 Å². The average molecular weight is 353 g/mol. The molecule has 25 heavy (non-hydrogen) atoms. The van der Waals surface area contributed by atoms with E-state index in [0.29, 0.717) is 0 Å². The van der Waals surface area contributed by atoms with Gasteiger partial charge in [-0.1, -0.05) is 37.6 Å². The van der Waals surface area contributed by atoms with Gasteiger partial charge >= 0.3 is 0 Å². The molecule has 0 aliphatic rings. The summed E-state index contributed by atoms with van der Waals surface area (Å²) in [7, 11) is 0. The van der Waals surface area contributed by atoms with E-state index >= 15 is 0 Å². The zero-order valence-electron chi connectivity index (χ0n) is 14.7. The fourth-order valence-corrected chi connectivity index (χ4v) is 3.46. The summed E-state index contributed by atoms with van der Waals surface area (Å²) in [6.45, 7) is 2.45. The summed E-state index contributed by atoms with van der Waals surface area (Å²) in [5.41, 5.74) is 2.83. The number of fused-ring (bicyclic) bond motifs is 1. The highest BCUT2D eigenvalue weighted by molar-refractivity contribution is 7.98. The fourth-order valence-electron chi connectivity index (χ4n) is 2.91. The number of nitrogens with zero attached hydrogens (tertiary/aromatic N) is 2. The molecule has 0 unspecified atom stereocenters. The van der Waals surface area contributed by atoms with E-state index < -0.39 is 0 Å². The van der Waals surface area contributed by atoms with E-state index in [9.17, 15) is 4.79 Å². The number of hydrogen-bond acceptors (Lipinski definition) is 3. The molecule has 3 aromatic rings. The highest BCUT2D eigenvalue weighted by Crippen LogP contribution is 2.25. The molecule has 0 aliphatic heterocycles. The van der Waals surface area contributed by atoms with Crippen molar-refractivity contribution in [3.63, 3.8) is 0 Å². The highest BCUT2D eigenvalue weighted by Gasteiger charge is 2.14. The van der Waals surface area contributed by atoms with Gasteiger partial charge in [-0.25, -0.2) is 4.98 Å². The number of amides is 1. The first kappa shape index (κ1) is 17.5. The minimum Gasteiger partial charge on any atom is -0.324 e. The number of aromatic nitrogens is 2. The Morgan fingerprint density at radius 2 is 1.92 bits per heavy atom. The first-order valence-electron chi connectivity index (χ1n) is 8.60. The number of benzene rings is 2. The third-order valence-corrected chi connectivity index (χ3v) is 4.97. The van der Waals surface area contributed by atoms with Crippen LogP contribution in [0.1, 0.15) is 25.6 Å². The van der Waals surface area contributed by atoms with E-state index in [1.807, 2.05) is 59.4 Å². The summed E-state index contributed by atoms with van der Waals surface area (Å²) in [6.07, 6.45) is 5.08. The zero-order valence-corrected chi connectivity index (χ0v) is 15.5. The number of rotatable bonds is 7. The third kappa shape index (κ3) is 4.04. The van der Waals surface area contributed by atoms with Crippen molar-refractivity contribution in [2.75, 3.05) is 11.6 Å². The molecular weight excluding hydrogens is 330 g/mol. The predicted octanol–water partition coefficient (Wildman–Crippen LogP) is 4.74. The van der Waals surface area contributed by atoms with Crippen LogP contribution in [0.15, 0.2) is 53.4 Å². The first-order valence-corrected chi connectivity index (χ1v) is 9.82. The molecule has 0 spiro atoms. The Morgan fingerprint density at radius 1 is 1.16 bits per heavy atom. The average Bonchev–Trinajstić information content (AvgIpc) is 2.98. The highest BCUT2D eigenvalue weighted by atomic mass is 32.2. The quantitative estimate of drug-likeness (QED) is 0.624. The number of anilines is 1. The molecule has 0 atom stereocenters. The maximum absolute atomic E-state index is 12.6. The van der Waals surface area contributed by atoms with Crippen LogP contribution >= 0.6 is 11.8 Å². The Balaban J connectivity index is 1.84. The van der Waals surface area contributed by atoms with Gasteiger partial charge in [0, 0.05) is 11.3 Å². The number of aryl methyl sites for hydroxylation is 1. The molecule has 0 bridgehead atoms. The number of unbranched alkanes of at least 4 members (excludes halogenated alkanes) is 1. The van der Waals surface area contributed by atoms with E-state index in [0.717, 1.165) is 46.7 Å². The van der Waals surface area contributed by atoms with Gasteiger partial charge in [0.15, 0.2) is 0 Å². The second-order valence-corrected chi connectivity index (χ2v) is 6.80. The van der Waals surface area contributed by atoms with Crippen LogP contribution in [0.4, 0.5) is 5.69 Å². The normalized spacial score (nSPS) is 11.0. The Morgan fingerprint density at radius 3 is 2.72 bits per heavy atom. The maximum Gasteiger partial charge on any atom is 0.244 e. The minimum atomic E-state index is -0.0256. The summed E-state index contributed by atoms with van der Waals surface area (Å²) < 4.78 is 2.04. The molecule has 1 aromatic heterocycles. The number of nitrogens with one attached hydrogen (secondary N) is 1. The van der Waals surface area contributed by atoms with Crippen LogP contribution in [0.5, 0.6) is 0 Å². The molecule has 1 heterocycles. The van der Waals surface area contributed by atoms with Gasteiger partial charge in [0.25, 0.3) is 0 Å². The summed E-state index contributed by atoms with van der Waals surface area (Å²) in [4.78, 5) is 18.4. The molecule has 5 heteroatoms. The Hall–Kier alpha value is -2.27. The lowest BCUT2D eigenvalue weighted by molar-refractivity contribution is -0.116. The van der Waals surface area contributed by atoms with Crippen LogP contribution in [0.25, 0.3) is 11.0 Å². The number of carbonyl (C=O) groups is 1. The lowest BCUT2D eigenvalue weighted by atomic mass is 10.2. The molecule has 0 aliphatic carbocycles. The number of thioether (sulfide) groups is 1. The Bertz CT molecular complexity index is 872. The van der Waals surface area contributed by atoms with Gasteiger partial charge in [-0.15, -0.1) is 11.8 Å². The SMILES string of the molecule is CCCCc1nc2ccccc2n1CC(=O)Nc1ccccc1SC. The topological polar surface area (TPSA) is 46.9 Å². The summed E-state index contributed by atoms with van der Waals surface area (Å²) in [5, 5.41) is 3.04. The van der Waals surface area contributed by atoms with Crippen molar-refractivity contribution in [1.82, 2.24) is 9.55 Å². The first-order chi connectivity index (χ1) is 12.2. The summed E-state index contributed by atoms with van der Waals surface area (Å²) in [6, 6.07) is 15.9. The molecule has 4 nitrogen and oxygen atoms in total. The molecule has 130 valence electrons. The smallest absolute Gasteiger partial charge is 0.244 e. The molecule has 0 saturated heterocycles. The second kappa shape index (κ2) is 8.21. The lowest BCUT2D eigenvalue weighted by Crippen LogP contribution is -2.20. The number of carbonyl (C=O) groups excluding carboxylic acids is 1. The van der Waals surface area contributed by atoms with E-state index in [-0.39, 0.29) is 12.5 Å². The predicted molar refractivity (Wildman–Crippen MR) is 105 cm³/mol. The van der Waals surface area contributed by atoms with E-state index in [1.54, 1.807) is 11.8 Å². The van der Waals surface area contributed by atoms with Crippen molar-refractivity contribution >= 4 is 34.4 Å². The van der Waals surface area contributed by atoms with Crippen molar-refractivity contribution in [3.05, 3.63) is 54.4 Å². The standard InChI is InChI=1S/C20H23N3OS/c1-3-4-13-19-21-15-9-5-7-11-17(15)23(19)14-20(24)22-16-10-6-8-12-18(16)25-2/h5-12H,3-4,13-14H2,1-2H3,(H,22,24). The Kier molecular flexibility index (Phi) is 5.76. The number of imidazole rings is 1. The van der Waals surface area contributed by atoms with Crippen LogP contribution in [-0.4, -0.2) is 21.7 Å². The van der Waals surface area contributed by atoms with Gasteiger partial charge in [0.05, 0.1) is 16.7 Å². The van der Waals surface area contributed by atoms with Crippen molar-refractivity contribution in [3.8, 4) is 0 Å². The third-order valence-electron chi connectivity index (χ3n) is 4.17. The molecule has 3 rings (SSSR count). The van der Waals surface area contributed by atoms with Gasteiger partial charge in [-0.05, 0) is 36.9 Å². The van der Waals surface area contributed by atoms with Crippen LogP contribution in [-0.2, 0) is 17.8 Å². The summed E-state index contributed by atoms with van der Waals surface area (Å²) >= 11 is 1.63. The monoisotopic (exact) mass is 353 g/mol. The minimum absolute atomic E-state index is 0.0256. The van der Waals surface area contributed by atoms with E-state index in [1.165, 1.54) is 0 Å². The largest absolute Gasteiger partial charge is 0.324 e. The van der Waals surface area contributed by atoms with Gasteiger partial charge in [0.2, 0.25) is 5.91 Å². The Labute approximate surface area is 152 Å². The number of para-hydroxylation sites is 3. The molecular formula is C20H23N3OS. The van der Waals surface area contributed by atoms with Crippen molar-refractivity contribution in [2.45, 2.75) is 37.6 Å².